The fourth-order valence-corrected chi connectivity index (χ4v) is 2.98. The van der Waals surface area contributed by atoms with Gasteiger partial charge in [0, 0.05) is 0 Å². The number of nitriles is 1. The van der Waals surface area contributed by atoms with Crippen molar-refractivity contribution in [2.24, 2.45) is 0 Å². The maximum Gasteiger partial charge on any atom is 0.416 e. The van der Waals surface area contributed by atoms with Gasteiger partial charge < -0.3 is 0 Å². The van der Waals surface area contributed by atoms with Crippen LogP contribution in [0.2, 0.25) is 5.02 Å². The van der Waals surface area contributed by atoms with E-state index in [1.165, 1.54) is 24.3 Å². The predicted molar refractivity (Wildman–Crippen MR) is 78.4 cm³/mol. The topological polar surface area (TPSA) is 70.0 Å². The third-order valence-electron chi connectivity index (χ3n) is 2.83. The number of halogens is 4. The Morgan fingerprint density at radius 2 is 1.70 bits per heavy atom. The van der Waals surface area contributed by atoms with Crippen molar-refractivity contribution >= 4 is 27.3 Å². The van der Waals surface area contributed by atoms with Gasteiger partial charge in [-0.2, -0.15) is 18.4 Å². The number of nitrogens with zero attached hydrogens (tertiary/aromatic N) is 1. The van der Waals surface area contributed by atoms with Crippen molar-refractivity contribution < 1.29 is 21.6 Å². The van der Waals surface area contributed by atoms with Gasteiger partial charge in [0.25, 0.3) is 10.0 Å². The number of benzene rings is 2. The first-order chi connectivity index (χ1) is 10.6. The van der Waals surface area contributed by atoms with E-state index >= 15 is 0 Å². The Balaban J connectivity index is 2.39. The summed E-state index contributed by atoms with van der Waals surface area (Å²) in [4.78, 5) is -0.204. The number of nitrogens with one attached hydrogen (secondary N) is 1. The lowest BCUT2D eigenvalue weighted by Gasteiger charge is -2.13. The lowest BCUT2D eigenvalue weighted by molar-refractivity contribution is -0.137. The zero-order chi connectivity index (χ0) is 17.3. The second-order valence-electron chi connectivity index (χ2n) is 4.43. The summed E-state index contributed by atoms with van der Waals surface area (Å²) in [5, 5.41) is 8.50. The molecule has 0 bridgehead atoms. The average molecular weight is 361 g/mol. The van der Waals surface area contributed by atoms with Gasteiger partial charge in [0.15, 0.2) is 0 Å². The van der Waals surface area contributed by atoms with Crippen molar-refractivity contribution in [2.45, 2.75) is 11.1 Å². The molecule has 0 atom stereocenters. The minimum atomic E-state index is -4.63. The summed E-state index contributed by atoms with van der Waals surface area (Å²) in [6.45, 7) is 0. The van der Waals surface area contributed by atoms with Gasteiger partial charge in [-0.05, 0) is 42.5 Å². The SMILES string of the molecule is N#Cc1ccc(S(=O)(=O)Nc2cc(C(F)(F)F)ccc2Cl)cc1. The van der Waals surface area contributed by atoms with Crippen LogP contribution >= 0.6 is 11.6 Å². The first kappa shape index (κ1) is 17.1. The van der Waals surface area contributed by atoms with Crippen LogP contribution in [0.4, 0.5) is 18.9 Å². The van der Waals surface area contributed by atoms with Crippen molar-refractivity contribution in [2.75, 3.05) is 4.72 Å². The smallest absolute Gasteiger partial charge is 0.278 e. The van der Waals surface area contributed by atoms with Crippen LogP contribution in [0.5, 0.6) is 0 Å². The van der Waals surface area contributed by atoms with E-state index in [0.29, 0.717) is 6.07 Å². The highest BCUT2D eigenvalue weighted by Gasteiger charge is 2.31. The predicted octanol–water partition coefficient (Wildman–Crippen LogP) is 4.03. The molecule has 0 unspecified atom stereocenters. The molecule has 0 aliphatic heterocycles. The number of sulfonamides is 1. The molecule has 0 spiro atoms. The highest BCUT2D eigenvalue weighted by Crippen LogP contribution is 2.34. The van der Waals surface area contributed by atoms with Crippen LogP contribution in [0.15, 0.2) is 47.4 Å². The molecule has 0 amide bonds. The molecule has 0 aliphatic rings. The summed E-state index contributed by atoms with van der Waals surface area (Å²) in [7, 11) is -4.13. The molecule has 2 rings (SSSR count). The van der Waals surface area contributed by atoms with Crippen LogP contribution in [0.1, 0.15) is 11.1 Å². The van der Waals surface area contributed by atoms with E-state index in [1.807, 2.05) is 10.8 Å². The third-order valence-corrected chi connectivity index (χ3v) is 4.54. The molecule has 0 aliphatic carbocycles. The standard InChI is InChI=1S/C14H8ClF3N2O2S/c15-12-6-3-10(14(16,17)18)7-13(12)20-23(21,22)11-4-1-9(8-19)2-5-11/h1-7,20H. The van der Waals surface area contributed by atoms with Gasteiger partial charge in [-0.15, -0.1) is 0 Å². The maximum absolute atomic E-state index is 12.7. The molecule has 0 saturated carbocycles. The fourth-order valence-electron chi connectivity index (χ4n) is 1.69. The van der Waals surface area contributed by atoms with Gasteiger partial charge >= 0.3 is 6.18 Å². The first-order valence-electron chi connectivity index (χ1n) is 6.03. The average Bonchev–Trinajstić information content (AvgIpc) is 2.48. The minimum absolute atomic E-state index is 0.171. The summed E-state index contributed by atoms with van der Waals surface area (Å²) >= 11 is 5.75. The first-order valence-corrected chi connectivity index (χ1v) is 7.89. The van der Waals surface area contributed by atoms with Crippen LogP contribution in [0.3, 0.4) is 0 Å². The zero-order valence-corrected chi connectivity index (χ0v) is 12.8. The zero-order valence-electron chi connectivity index (χ0n) is 11.2. The molecule has 2 aromatic rings. The van der Waals surface area contributed by atoms with E-state index in [2.05, 4.69) is 0 Å². The molecule has 23 heavy (non-hydrogen) atoms. The Kier molecular flexibility index (Phi) is 4.54. The van der Waals surface area contributed by atoms with Gasteiger partial charge in [0.1, 0.15) is 0 Å². The van der Waals surface area contributed by atoms with E-state index in [1.54, 1.807) is 0 Å². The molecule has 0 fully saturated rings. The van der Waals surface area contributed by atoms with Crippen molar-refractivity contribution in [1.82, 2.24) is 0 Å². The molecular formula is C14H8ClF3N2O2S. The number of anilines is 1. The number of rotatable bonds is 3. The van der Waals surface area contributed by atoms with Crippen molar-refractivity contribution in [1.29, 1.82) is 5.26 Å². The van der Waals surface area contributed by atoms with Crippen molar-refractivity contribution in [3.05, 3.63) is 58.6 Å². The van der Waals surface area contributed by atoms with Crippen LogP contribution in [0.25, 0.3) is 0 Å². The third kappa shape index (κ3) is 3.94. The van der Waals surface area contributed by atoms with E-state index in [0.717, 1.165) is 12.1 Å². The van der Waals surface area contributed by atoms with Gasteiger partial charge in [-0.3, -0.25) is 4.72 Å². The molecule has 0 aromatic heterocycles. The van der Waals surface area contributed by atoms with Gasteiger partial charge in [0.2, 0.25) is 0 Å². The molecule has 9 heteroatoms. The second kappa shape index (κ2) is 6.10. The fraction of sp³-hybridized carbons (Fsp3) is 0.0714. The lowest BCUT2D eigenvalue weighted by Crippen LogP contribution is -2.14. The van der Waals surface area contributed by atoms with Crippen LogP contribution in [0, 0.1) is 11.3 Å². The van der Waals surface area contributed by atoms with Crippen molar-refractivity contribution in [3.63, 3.8) is 0 Å². The van der Waals surface area contributed by atoms with Gasteiger partial charge in [-0.25, -0.2) is 8.42 Å². The molecule has 0 saturated heterocycles. The summed E-state index contributed by atoms with van der Waals surface area (Å²) in [5.41, 5.74) is -1.16. The Morgan fingerprint density at radius 1 is 1.09 bits per heavy atom. The van der Waals surface area contributed by atoms with Crippen LogP contribution in [-0.4, -0.2) is 8.42 Å². The van der Waals surface area contributed by atoms with Crippen LogP contribution < -0.4 is 4.72 Å². The maximum atomic E-state index is 12.7. The molecule has 120 valence electrons. The van der Waals surface area contributed by atoms with E-state index in [9.17, 15) is 21.6 Å². The Morgan fingerprint density at radius 3 is 2.22 bits per heavy atom. The van der Waals surface area contributed by atoms with E-state index < -0.39 is 21.8 Å². The van der Waals surface area contributed by atoms with E-state index in [4.69, 9.17) is 16.9 Å². The summed E-state index contributed by atoms with van der Waals surface area (Å²) in [6, 6.07) is 9.05. The highest BCUT2D eigenvalue weighted by atomic mass is 35.5. The minimum Gasteiger partial charge on any atom is -0.278 e. The Labute approximate surface area is 135 Å². The monoisotopic (exact) mass is 360 g/mol. The Hall–Kier alpha value is -2.24. The van der Waals surface area contributed by atoms with Crippen LogP contribution in [-0.2, 0) is 16.2 Å². The highest BCUT2D eigenvalue weighted by molar-refractivity contribution is 7.92. The second-order valence-corrected chi connectivity index (χ2v) is 6.52. The molecule has 2 aromatic carbocycles. The summed E-state index contributed by atoms with van der Waals surface area (Å²) in [5.74, 6) is 0. The van der Waals surface area contributed by atoms with E-state index in [-0.39, 0.29) is 21.2 Å². The van der Waals surface area contributed by atoms with Crippen molar-refractivity contribution in [3.8, 4) is 6.07 Å². The lowest BCUT2D eigenvalue weighted by atomic mass is 10.2. The summed E-state index contributed by atoms with van der Waals surface area (Å²) < 4.78 is 64.4. The quantitative estimate of drug-likeness (QED) is 0.898. The number of hydrogen-bond acceptors (Lipinski definition) is 3. The number of alkyl halides is 3. The summed E-state index contributed by atoms with van der Waals surface area (Å²) in [6.07, 6.45) is -4.63. The largest absolute Gasteiger partial charge is 0.416 e. The van der Waals surface area contributed by atoms with Gasteiger partial charge in [-0.1, -0.05) is 11.6 Å². The number of hydrogen-bond donors (Lipinski definition) is 1. The molecule has 1 N–H and O–H groups in total. The molecule has 0 heterocycles. The van der Waals surface area contributed by atoms with Gasteiger partial charge in [0.05, 0.1) is 32.8 Å². The normalized spacial score (nSPS) is 11.8. The Bertz CT molecular complexity index is 872. The molecular weight excluding hydrogens is 353 g/mol. The molecule has 4 nitrogen and oxygen atoms in total. The molecule has 0 radical (unpaired) electrons.